The molecule has 1 rings (SSSR count). The van der Waals surface area contributed by atoms with Crippen molar-refractivity contribution in [1.82, 2.24) is 4.98 Å². The van der Waals surface area contributed by atoms with E-state index in [4.69, 9.17) is 10.8 Å². The van der Waals surface area contributed by atoms with Crippen molar-refractivity contribution in [2.24, 2.45) is 0 Å². The van der Waals surface area contributed by atoms with E-state index in [1.54, 1.807) is 24.4 Å². The number of hydrogen-bond donors (Lipinski definition) is 2. The summed E-state index contributed by atoms with van der Waals surface area (Å²) in [5.41, 5.74) is 0.679. The second-order valence-corrected chi connectivity index (χ2v) is 1.77. The average molecular weight is 189 g/mol. The molecule has 0 amide bonds. The zero-order chi connectivity index (χ0) is 7.40. The Morgan fingerprint density at radius 3 is 2.64 bits per heavy atom. The maximum atomic E-state index is 7.17. The first-order valence-corrected chi connectivity index (χ1v) is 2.85. The molecule has 58 valence electrons. The van der Waals surface area contributed by atoms with E-state index in [2.05, 4.69) is 4.98 Å². The molecule has 0 bridgehead atoms. The topological polar surface area (TPSA) is 60.6 Å². The average Bonchev–Trinajstić information content (AvgIpc) is 2.05. The van der Waals surface area contributed by atoms with Crippen LogP contribution in [0.15, 0.2) is 24.4 Å². The van der Waals surface area contributed by atoms with Gasteiger partial charge < -0.3 is 5.41 Å². The Labute approximate surface area is 75.3 Å². The predicted molar refractivity (Wildman–Crippen MR) is 39.8 cm³/mol. The standard InChI is InChI=1S/C7H7N3.Fe/c8-5-6(9)7-3-1-2-4-10-7;/h1-5,8-9H;. The summed E-state index contributed by atoms with van der Waals surface area (Å²) in [6.07, 6.45) is 2.58. The first-order valence-electron chi connectivity index (χ1n) is 2.85. The monoisotopic (exact) mass is 189 g/mol. The zero-order valence-electron chi connectivity index (χ0n) is 5.69. The maximum absolute atomic E-state index is 7.17. The van der Waals surface area contributed by atoms with Gasteiger partial charge in [0.05, 0.1) is 11.4 Å². The van der Waals surface area contributed by atoms with Crippen LogP contribution in [0.2, 0.25) is 0 Å². The van der Waals surface area contributed by atoms with Crippen LogP contribution in [0, 0.1) is 10.8 Å². The minimum Gasteiger partial charge on any atom is -0.306 e. The minimum atomic E-state index is 0. The van der Waals surface area contributed by atoms with Gasteiger partial charge in [0.1, 0.15) is 0 Å². The zero-order valence-corrected chi connectivity index (χ0v) is 6.79. The van der Waals surface area contributed by atoms with Crippen molar-refractivity contribution in [2.45, 2.75) is 0 Å². The Kier molecular flexibility index (Phi) is 4.34. The van der Waals surface area contributed by atoms with Crippen LogP contribution in [-0.4, -0.2) is 16.9 Å². The van der Waals surface area contributed by atoms with Gasteiger partial charge in [0.25, 0.3) is 0 Å². The summed E-state index contributed by atoms with van der Waals surface area (Å²) in [5, 5.41) is 13.9. The number of nitrogens with zero attached hydrogens (tertiary/aromatic N) is 1. The molecule has 0 saturated carbocycles. The Morgan fingerprint density at radius 1 is 1.45 bits per heavy atom. The first kappa shape index (κ1) is 10.0. The van der Waals surface area contributed by atoms with Crippen molar-refractivity contribution in [3.05, 3.63) is 30.1 Å². The first-order chi connectivity index (χ1) is 4.84. The number of nitrogens with one attached hydrogen (secondary N) is 2. The van der Waals surface area contributed by atoms with Crippen LogP contribution in [0.1, 0.15) is 5.69 Å². The van der Waals surface area contributed by atoms with Gasteiger partial charge in [-0.15, -0.1) is 0 Å². The van der Waals surface area contributed by atoms with E-state index in [0.29, 0.717) is 5.69 Å². The van der Waals surface area contributed by atoms with E-state index in [1.165, 1.54) is 0 Å². The largest absolute Gasteiger partial charge is 0.306 e. The molecule has 0 atom stereocenters. The Bertz CT molecular complexity index is 245. The summed E-state index contributed by atoms with van der Waals surface area (Å²) in [5.74, 6) is 0. The Balaban J connectivity index is 0.000001000. The third-order valence-corrected chi connectivity index (χ3v) is 1.09. The van der Waals surface area contributed by atoms with Gasteiger partial charge in [-0.25, -0.2) is 0 Å². The van der Waals surface area contributed by atoms with E-state index in [9.17, 15) is 0 Å². The van der Waals surface area contributed by atoms with Gasteiger partial charge in [0.2, 0.25) is 0 Å². The molecule has 11 heavy (non-hydrogen) atoms. The molecule has 3 nitrogen and oxygen atoms in total. The van der Waals surface area contributed by atoms with Gasteiger partial charge in [0, 0.05) is 29.5 Å². The number of rotatable bonds is 2. The summed E-state index contributed by atoms with van der Waals surface area (Å²) in [4.78, 5) is 3.87. The maximum Gasteiger partial charge on any atom is 0.0972 e. The van der Waals surface area contributed by atoms with E-state index >= 15 is 0 Å². The molecule has 1 aromatic heterocycles. The molecule has 1 aromatic rings. The summed E-state index contributed by atoms with van der Waals surface area (Å²) in [7, 11) is 0. The summed E-state index contributed by atoms with van der Waals surface area (Å²) < 4.78 is 0. The van der Waals surface area contributed by atoms with E-state index < -0.39 is 0 Å². The van der Waals surface area contributed by atoms with Gasteiger partial charge in [0.15, 0.2) is 0 Å². The summed E-state index contributed by atoms with van der Waals surface area (Å²) >= 11 is 0. The van der Waals surface area contributed by atoms with Crippen LogP contribution >= 0.6 is 0 Å². The van der Waals surface area contributed by atoms with Crippen molar-refractivity contribution < 1.29 is 17.1 Å². The van der Waals surface area contributed by atoms with Gasteiger partial charge in [-0.2, -0.15) is 0 Å². The van der Waals surface area contributed by atoms with Gasteiger partial charge in [-0.1, -0.05) is 6.07 Å². The second kappa shape index (κ2) is 4.77. The molecule has 0 aliphatic carbocycles. The van der Waals surface area contributed by atoms with E-state index in [0.717, 1.165) is 6.21 Å². The Hall–Kier alpha value is -0.991. The SMILES string of the molecule is N=CC(=N)c1ccccn1.[Fe]. The van der Waals surface area contributed by atoms with Gasteiger partial charge in [-0.05, 0) is 12.1 Å². The molecular weight excluding hydrogens is 182 g/mol. The van der Waals surface area contributed by atoms with E-state index in [1.807, 2.05) is 0 Å². The van der Waals surface area contributed by atoms with Crippen molar-refractivity contribution in [2.75, 3.05) is 0 Å². The molecule has 0 aliphatic heterocycles. The molecule has 0 radical (unpaired) electrons. The molecule has 0 aromatic carbocycles. The second-order valence-electron chi connectivity index (χ2n) is 1.77. The van der Waals surface area contributed by atoms with E-state index in [-0.39, 0.29) is 22.8 Å². The fraction of sp³-hybridized carbons (Fsp3) is 0. The number of hydrogen-bond acceptors (Lipinski definition) is 3. The number of pyridine rings is 1. The molecule has 0 fully saturated rings. The van der Waals surface area contributed by atoms with Crippen LogP contribution in [0.5, 0.6) is 0 Å². The number of aromatic nitrogens is 1. The molecule has 0 unspecified atom stereocenters. The molecule has 0 saturated heterocycles. The smallest absolute Gasteiger partial charge is 0.0972 e. The summed E-state index contributed by atoms with van der Waals surface area (Å²) in [6.45, 7) is 0. The molecule has 2 N–H and O–H groups in total. The van der Waals surface area contributed by atoms with Crippen LogP contribution in [0.25, 0.3) is 0 Å². The third kappa shape index (κ3) is 2.62. The molecule has 0 spiro atoms. The van der Waals surface area contributed by atoms with Crippen LogP contribution in [0.3, 0.4) is 0 Å². The van der Waals surface area contributed by atoms with Gasteiger partial charge in [-0.3, -0.25) is 10.4 Å². The predicted octanol–water partition coefficient (Wildman–Crippen LogP) is 1.10. The third-order valence-electron chi connectivity index (χ3n) is 1.09. The molecule has 1 heterocycles. The minimum absolute atomic E-state index is 0. The Morgan fingerprint density at radius 2 is 2.18 bits per heavy atom. The van der Waals surface area contributed by atoms with Crippen molar-refractivity contribution in [3.63, 3.8) is 0 Å². The molecular formula is C7H7FeN3. The summed E-state index contributed by atoms with van der Waals surface area (Å²) in [6, 6.07) is 5.27. The molecule has 4 heteroatoms. The molecule has 0 aliphatic rings. The van der Waals surface area contributed by atoms with Crippen LogP contribution in [0.4, 0.5) is 0 Å². The van der Waals surface area contributed by atoms with Crippen molar-refractivity contribution >= 4 is 11.9 Å². The normalized spacial score (nSPS) is 8.00. The van der Waals surface area contributed by atoms with Gasteiger partial charge >= 0.3 is 0 Å². The fourth-order valence-corrected chi connectivity index (χ4v) is 0.596. The van der Waals surface area contributed by atoms with Crippen LogP contribution < -0.4 is 0 Å². The fourth-order valence-electron chi connectivity index (χ4n) is 0.596. The van der Waals surface area contributed by atoms with Crippen molar-refractivity contribution in [3.8, 4) is 0 Å². The quantitative estimate of drug-likeness (QED) is 0.530. The van der Waals surface area contributed by atoms with Crippen molar-refractivity contribution in [1.29, 1.82) is 10.8 Å². The van der Waals surface area contributed by atoms with Crippen LogP contribution in [-0.2, 0) is 17.1 Å².